The Morgan fingerprint density at radius 2 is 1.79 bits per heavy atom. The number of nitrogens with two attached hydrogens (primary N) is 1. The molecule has 2 aromatic rings. The summed E-state index contributed by atoms with van der Waals surface area (Å²) in [5.41, 5.74) is 4.96. The van der Waals surface area contributed by atoms with Gasteiger partial charge >= 0.3 is 0 Å². The van der Waals surface area contributed by atoms with Gasteiger partial charge in [0.25, 0.3) is 5.91 Å². The molecule has 1 saturated carbocycles. The van der Waals surface area contributed by atoms with Crippen molar-refractivity contribution in [2.24, 2.45) is 17.6 Å². The lowest BCUT2D eigenvalue weighted by atomic mass is 9.59. The van der Waals surface area contributed by atoms with Crippen molar-refractivity contribution in [3.63, 3.8) is 0 Å². The number of methoxy groups -OCH3 is 1. The number of ether oxygens (including phenoxy) is 1. The third kappa shape index (κ3) is 4.20. The van der Waals surface area contributed by atoms with Crippen LogP contribution in [0.25, 0.3) is 16.9 Å². The number of fused-ring (bicyclic) bond motifs is 3. The number of aromatic hydroxyl groups is 1. The van der Waals surface area contributed by atoms with Gasteiger partial charge in [-0.25, -0.2) is 0 Å². The smallest absolute Gasteiger partial charge is 0.255 e. The van der Waals surface area contributed by atoms with Crippen LogP contribution in [-0.4, -0.2) is 68.6 Å². The van der Waals surface area contributed by atoms with Gasteiger partial charge in [0, 0.05) is 30.0 Å². The minimum atomic E-state index is -2.59. The molecule has 4 aliphatic rings. The summed E-state index contributed by atoms with van der Waals surface area (Å²) in [4.78, 5) is 40.7. The van der Waals surface area contributed by atoms with E-state index < -0.39 is 52.0 Å². The molecule has 10 heteroatoms. The molecule has 3 atom stereocenters. The molecule has 3 aliphatic carbocycles. The topological polar surface area (TPSA) is 171 Å². The van der Waals surface area contributed by atoms with Gasteiger partial charge in [0.2, 0.25) is 5.78 Å². The van der Waals surface area contributed by atoms with E-state index in [1.807, 2.05) is 12.1 Å². The lowest BCUT2D eigenvalue weighted by Gasteiger charge is -2.46. The molecule has 1 aliphatic heterocycles. The summed E-state index contributed by atoms with van der Waals surface area (Å²) in [6.45, 7) is 2.85. The molecule has 1 heterocycles. The van der Waals surface area contributed by atoms with E-state index in [4.69, 9.17) is 10.5 Å². The number of likely N-dealkylation sites (tertiary alicyclic amines) is 1. The summed E-state index contributed by atoms with van der Waals surface area (Å²) in [6.07, 6.45) is 3.51. The Morgan fingerprint density at radius 1 is 1.05 bits per heavy atom. The van der Waals surface area contributed by atoms with Crippen molar-refractivity contribution in [1.29, 1.82) is 0 Å². The number of carbonyl (C=O) groups is 3. The van der Waals surface area contributed by atoms with Gasteiger partial charge in [0.1, 0.15) is 28.6 Å². The van der Waals surface area contributed by atoms with Crippen LogP contribution in [0.1, 0.15) is 48.8 Å². The van der Waals surface area contributed by atoms with Crippen LogP contribution in [0.15, 0.2) is 47.2 Å². The SMILES string of the molecule is COc1ccc(CN2CCCCC2)cc1-c1ccc(O)c2c1CC1CC3CC(=O)C(C(N)=O)=C(O)C3(O)C(=O)C1=C2O. The van der Waals surface area contributed by atoms with E-state index in [-0.39, 0.29) is 36.1 Å². The number of amides is 1. The van der Waals surface area contributed by atoms with Crippen LogP contribution in [0.3, 0.4) is 0 Å². The highest BCUT2D eigenvalue weighted by Crippen LogP contribution is 2.53. The zero-order valence-corrected chi connectivity index (χ0v) is 23.4. The number of ketones is 2. The lowest BCUT2D eigenvalue weighted by molar-refractivity contribution is -0.147. The fraction of sp³-hybridized carbons (Fsp3) is 0.406. The molecule has 220 valence electrons. The Labute approximate surface area is 242 Å². The minimum Gasteiger partial charge on any atom is -0.508 e. The number of aliphatic hydroxyl groups excluding tert-OH is 2. The van der Waals surface area contributed by atoms with E-state index >= 15 is 0 Å². The lowest BCUT2D eigenvalue weighted by Crippen LogP contribution is -2.58. The highest BCUT2D eigenvalue weighted by Gasteiger charge is 2.60. The normalized spacial score (nSPS) is 26.0. The van der Waals surface area contributed by atoms with Gasteiger partial charge in [-0.05, 0) is 79.6 Å². The van der Waals surface area contributed by atoms with E-state index in [9.17, 15) is 34.8 Å². The first-order chi connectivity index (χ1) is 20.1. The molecule has 1 amide bonds. The number of aliphatic hydroxyl groups is 3. The first kappa shape index (κ1) is 28.0. The maximum atomic E-state index is 13.8. The van der Waals surface area contributed by atoms with E-state index in [2.05, 4.69) is 11.0 Å². The first-order valence-electron chi connectivity index (χ1n) is 14.3. The van der Waals surface area contributed by atoms with Crippen LogP contribution in [0.4, 0.5) is 0 Å². The molecule has 2 aromatic carbocycles. The second-order valence-corrected chi connectivity index (χ2v) is 11.8. The largest absolute Gasteiger partial charge is 0.508 e. The van der Waals surface area contributed by atoms with E-state index in [0.29, 0.717) is 11.3 Å². The Balaban J connectivity index is 1.47. The minimum absolute atomic E-state index is 0.0584. The molecule has 3 unspecified atom stereocenters. The number of primary amides is 1. The van der Waals surface area contributed by atoms with E-state index in [1.165, 1.54) is 25.3 Å². The number of piperidine rings is 1. The zero-order chi connectivity index (χ0) is 29.9. The van der Waals surface area contributed by atoms with Crippen LogP contribution in [0.2, 0.25) is 0 Å². The molecule has 6 N–H and O–H groups in total. The van der Waals surface area contributed by atoms with Crippen LogP contribution < -0.4 is 10.5 Å². The maximum Gasteiger partial charge on any atom is 0.255 e. The molecule has 0 spiro atoms. The van der Waals surface area contributed by atoms with Gasteiger partial charge in [-0.2, -0.15) is 0 Å². The summed E-state index contributed by atoms with van der Waals surface area (Å²) in [7, 11) is 1.58. The standard InChI is InChI=1S/C32H34N2O8/c1-42-24-8-5-16(15-34-9-3-2-4-10-34)11-20(24)19-6-7-22(35)26-21(19)13-17-12-18-14-23(36)27(31(33)40)30(39)32(18,41)29(38)25(17)28(26)37/h5-8,11,17-18,35,37,39,41H,2-4,9-10,12-15H2,1H3,(H2,33,40). The molecule has 0 radical (unpaired) electrons. The van der Waals surface area contributed by atoms with Crippen molar-refractivity contribution in [1.82, 2.24) is 4.90 Å². The fourth-order valence-corrected chi connectivity index (χ4v) is 7.31. The van der Waals surface area contributed by atoms with Crippen LogP contribution in [-0.2, 0) is 27.3 Å². The summed E-state index contributed by atoms with van der Waals surface area (Å²) >= 11 is 0. The average molecular weight is 575 g/mol. The number of benzene rings is 2. The third-order valence-electron chi connectivity index (χ3n) is 9.36. The van der Waals surface area contributed by atoms with Gasteiger partial charge in [-0.15, -0.1) is 0 Å². The van der Waals surface area contributed by atoms with Gasteiger partial charge < -0.3 is 30.9 Å². The highest BCUT2D eigenvalue weighted by atomic mass is 16.5. The molecule has 1 saturated heterocycles. The molecule has 0 aromatic heterocycles. The second kappa shape index (κ2) is 10.3. The van der Waals surface area contributed by atoms with Crippen molar-refractivity contribution in [3.05, 3.63) is 63.9 Å². The monoisotopic (exact) mass is 574 g/mol. The highest BCUT2D eigenvalue weighted by molar-refractivity contribution is 6.22. The quantitative estimate of drug-likeness (QED) is 0.337. The number of hydrogen-bond donors (Lipinski definition) is 5. The molecule has 6 rings (SSSR count). The second-order valence-electron chi connectivity index (χ2n) is 11.8. The van der Waals surface area contributed by atoms with Crippen molar-refractivity contribution in [2.45, 2.75) is 50.7 Å². The number of carbonyl (C=O) groups excluding carboxylic acids is 3. The van der Waals surface area contributed by atoms with Crippen molar-refractivity contribution < 1.29 is 39.5 Å². The number of nitrogens with zero attached hydrogens (tertiary/aromatic N) is 1. The molecular weight excluding hydrogens is 540 g/mol. The number of phenols is 1. The predicted octanol–water partition coefficient (Wildman–Crippen LogP) is 3.09. The van der Waals surface area contributed by atoms with Crippen LogP contribution in [0, 0.1) is 11.8 Å². The average Bonchev–Trinajstić information content (AvgIpc) is 2.95. The van der Waals surface area contributed by atoms with Gasteiger partial charge in [-0.1, -0.05) is 18.6 Å². The molecule has 2 fully saturated rings. The molecule has 10 nitrogen and oxygen atoms in total. The number of Topliss-reactive ketones (excluding diaryl/α,β-unsaturated/α-hetero) is 2. The van der Waals surface area contributed by atoms with Crippen molar-refractivity contribution in [3.8, 4) is 22.6 Å². The maximum absolute atomic E-state index is 13.8. The first-order valence-corrected chi connectivity index (χ1v) is 14.3. The summed E-state index contributed by atoms with van der Waals surface area (Å²) in [5, 5.41) is 44.6. The van der Waals surface area contributed by atoms with Crippen LogP contribution in [0.5, 0.6) is 11.5 Å². The zero-order valence-electron chi connectivity index (χ0n) is 23.4. The Bertz CT molecular complexity index is 1580. The summed E-state index contributed by atoms with van der Waals surface area (Å²) in [5.74, 6) is -5.87. The van der Waals surface area contributed by atoms with E-state index in [0.717, 1.165) is 36.3 Å². The van der Waals surface area contributed by atoms with Crippen LogP contribution >= 0.6 is 0 Å². The molecular formula is C32H34N2O8. The number of rotatable bonds is 5. The van der Waals surface area contributed by atoms with Gasteiger partial charge in [0.05, 0.1) is 12.7 Å². The third-order valence-corrected chi connectivity index (χ3v) is 9.36. The Morgan fingerprint density at radius 3 is 2.48 bits per heavy atom. The Hall–Kier alpha value is -4.15. The molecule has 0 bridgehead atoms. The van der Waals surface area contributed by atoms with Crippen molar-refractivity contribution >= 4 is 23.2 Å². The number of hydrogen-bond acceptors (Lipinski definition) is 9. The predicted molar refractivity (Wildman–Crippen MR) is 153 cm³/mol. The van der Waals surface area contributed by atoms with Gasteiger partial charge in [0.15, 0.2) is 11.4 Å². The number of phenolic OH excluding ortho intramolecular Hbond substituents is 1. The van der Waals surface area contributed by atoms with Gasteiger partial charge in [-0.3, -0.25) is 19.3 Å². The van der Waals surface area contributed by atoms with Crippen molar-refractivity contribution in [2.75, 3.05) is 20.2 Å². The summed E-state index contributed by atoms with van der Waals surface area (Å²) in [6, 6.07) is 9.18. The summed E-state index contributed by atoms with van der Waals surface area (Å²) < 4.78 is 5.71. The van der Waals surface area contributed by atoms with E-state index in [1.54, 1.807) is 13.2 Å². The molecule has 42 heavy (non-hydrogen) atoms. The Kier molecular flexibility index (Phi) is 6.86. The fourth-order valence-electron chi connectivity index (χ4n) is 7.31.